The number of amides is 1. The summed E-state index contributed by atoms with van der Waals surface area (Å²) in [5.74, 6) is -1.37. The van der Waals surface area contributed by atoms with Gasteiger partial charge in [0.05, 0.1) is 28.5 Å². The van der Waals surface area contributed by atoms with Crippen LogP contribution in [0.2, 0.25) is 5.02 Å². The summed E-state index contributed by atoms with van der Waals surface area (Å²) < 4.78 is 11.1. The first-order chi connectivity index (χ1) is 18.9. The molecule has 1 aromatic carbocycles. The van der Waals surface area contributed by atoms with Gasteiger partial charge in [0, 0.05) is 57.8 Å². The van der Waals surface area contributed by atoms with E-state index in [2.05, 4.69) is 10.2 Å². The zero-order valence-corrected chi connectivity index (χ0v) is 22.7. The van der Waals surface area contributed by atoms with E-state index >= 15 is 0 Å². The molecule has 0 bridgehead atoms. The van der Waals surface area contributed by atoms with Crippen molar-refractivity contribution in [2.45, 2.75) is 43.5 Å². The smallest absolute Gasteiger partial charge is 0.335 e. The molecular weight excluding hydrogens is 550 g/mol. The number of nitrogens with one attached hydrogen (secondary N) is 1. The molecule has 0 spiro atoms. The number of carbonyl (C=O) groups excluding carboxylic acids is 1. The highest BCUT2D eigenvalue weighted by Crippen LogP contribution is 2.51. The molecule has 1 amide bonds. The standard InChI is InChI=1S/C22H30ClN3O4.C4H6O6/c23-18-8-14(20-13(19(18)24)2-1-5-30-20)21(27)25-9-15-16-10-26(11-17(15)16)12-22(28)3-6-29-7-4-22;5-1(3(7)8)2(6)4(9)10/h8,15-17,28H,1-7,9-12,24H2,(H,25,27);1-2,5-6H,(H,7,8)(H,9,10)/t;1-,2-/m.1/s1. The van der Waals surface area contributed by atoms with Gasteiger partial charge in [0.15, 0.2) is 12.2 Å². The molecule has 8 N–H and O–H groups in total. The number of nitrogens with zero attached hydrogens (tertiary/aromatic N) is 1. The summed E-state index contributed by atoms with van der Waals surface area (Å²) in [6.45, 7) is 5.28. The van der Waals surface area contributed by atoms with Crippen molar-refractivity contribution in [2.24, 2.45) is 17.8 Å². The van der Waals surface area contributed by atoms with Crippen molar-refractivity contribution in [3.05, 3.63) is 22.2 Å². The maximum atomic E-state index is 12.9. The van der Waals surface area contributed by atoms with Gasteiger partial charge in [-0.2, -0.15) is 0 Å². The van der Waals surface area contributed by atoms with Gasteiger partial charge in [-0.05, 0) is 36.7 Å². The summed E-state index contributed by atoms with van der Waals surface area (Å²) in [6, 6.07) is 1.63. The topological polar surface area (TPSA) is 212 Å². The predicted molar refractivity (Wildman–Crippen MR) is 141 cm³/mol. The minimum atomic E-state index is -2.27. The van der Waals surface area contributed by atoms with Gasteiger partial charge in [-0.15, -0.1) is 0 Å². The molecule has 13 nitrogen and oxygen atoms in total. The average Bonchev–Trinajstić information content (AvgIpc) is 3.39. The van der Waals surface area contributed by atoms with Crippen LogP contribution in [0.1, 0.15) is 35.2 Å². The molecule has 3 heterocycles. The molecule has 14 heteroatoms. The number of likely N-dealkylation sites (tertiary alicyclic amines) is 1. The number of aliphatic hydroxyl groups is 3. The molecular formula is C26H36ClN3O10. The number of rotatable bonds is 8. The monoisotopic (exact) mass is 585 g/mol. The molecule has 2 unspecified atom stereocenters. The van der Waals surface area contributed by atoms with E-state index in [0.29, 0.717) is 66.1 Å². The first-order valence-corrected chi connectivity index (χ1v) is 13.7. The number of nitrogens with two attached hydrogens (primary N) is 1. The highest BCUT2D eigenvalue weighted by Gasteiger charge is 2.56. The van der Waals surface area contributed by atoms with Crippen LogP contribution in [-0.2, 0) is 20.7 Å². The number of aliphatic hydroxyl groups excluding tert-OH is 2. The fourth-order valence-corrected chi connectivity index (χ4v) is 6.00. The number of fused-ring (bicyclic) bond motifs is 2. The zero-order chi connectivity index (χ0) is 29.2. The Hall–Kier alpha value is -2.68. The number of ether oxygens (including phenoxy) is 2. The Balaban J connectivity index is 0.000000318. The van der Waals surface area contributed by atoms with Gasteiger partial charge >= 0.3 is 11.9 Å². The number of anilines is 1. The maximum Gasteiger partial charge on any atom is 0.335 e. The number of carboxylic acids is 2. The number of hydrogen-bond donors (Lipinski definition) is 7. The molecule has 4 atom stereocenters. The molecule has 3 fully saturated rings. The van der Waals surface area contributed by atoms with E-state index in [-0.39, 0.29) is 5.91 Å². The van der Waals surface area contributed by atoms with Gasteiger partial charge in [0.1, 0.15) is 5.75 Å². The SMILES string of the molecule is Nc1c(Cl)cc(C(=O)NCC2C3CN(CC4(O)CCOCC4)CC23)c2c1CCCO2.O=C(O)[C@H](O)[C@@H](O)C(=O)O. The highest BCUT2D eigenvalue weighted by molar-refractivity contribution is 6.33. The van der Waals surface area contributed by atoms with Gasteiger partial charge < -0.3 is 46.1 Å². The summed E-state index contributed by atoms with van der Waals surface area (Å²) in [5.41, 5.74) is 7.33. The Morgan fingerprint density at radius 3 is 2.27 bits per heavy atom. The van der Waals surface area contributed by atoms with Crippen LogP contribution < -0.4 is 15.8 Å². The number of benzene rings is 1. The number of halogens is 1. The van der Waals surface area contributed by atoms with E-state index in [9.17, 15) is 19.5 Å². The summed E-state index contributed by atoms with van der Waals surface area (Å²) >= 11 is 6.26. The van der Waals surface area contributed by atoms with E-state index in [0.717, 1.165) is 50.9 Å². The normalized spacial score (nSPS) is 26.1. The van der Waals surface area contributed by atoms with E-state index in [1.807, 2.05) is 0 Å². The second kappa shape index (κ2) is 12.5. The van der Waals surface area contributed by atoms with Crippen LogP contribution in [0, 0.1) is 17.8 Å². The first kappa shape index (κ1) is 30.3. The molecule has 1 saturated carbocycles. The van der Waals surface area contributed by atoms with Crippen molar-refractivity contribution >= 4 is 35.1 Å². The fraction of sp³-hybridized carbons (Fsp3) is 0.654. The largest absolute Gasteiger partial charge is 0.492 e. The third kappa shape index (κ3) is 6.78. The molecule has 1 aromatic rings. The fourth-order valence-electron chi connectivity index (χ4n) is 5.77. The number of aliphatic carboxylic acids is 2. The Labute approximate surface area is 235 Å². The average molecular weight is 586 g/mol. The number of hydrogen-bond acceptors (Lipinski definition) is 10. The Kier molecular flexibility index (Phi) is 9.43. The minimum Gasteiger partial charge on any atom is -0.492 e. The van der Waals surface area contributed by atoms with Crippen molar-refractivity contribution in [3.63, 3.8) is 0 Å². The van der Waals surface area contributed by atoms with Crippen LogP contribution >= 0.6 is 11.6 Å². The van der Waals surface area contributed by atoms with Crippen LogP contribution in [0.3, 0.4) is 0 Å². The maximum absolute atomic E-state index is 12.9. The summed E-state index contributed by atoms with van der Waals surface area (Å²) in [4.78, 5) is 34.8. The molecule has 0 aromatic heterocycles. The van der Waals surface area contributed by atoms with E-state index in [1.165, 1.54) is 0 Å². The lowest BCUT2D eigenvalue weighted by atomic mass is 9.93. The van der Waals surface area contributed by atoms with Crippen molar-refractivity contribution in [2.75, 3.05) is 51.7 Å². The predicted octanol–water partition coefficient (Wildman–Crippen LogP) is -0.426. The van der Waals surface area contributed by atoms with E-state index in [1.54, 1.807) is 6.07 Å². The van der Waals surface area contributed by atoms with E-state index in [4.69, 9.17) is 47.2 Å². The number of carbonyl (C=O) groups is 3. The highest BCUT2D eigenvalue weighted by atomic mass is 35.5. The van der Waals surface area contributed by atoms with Crippen molar-refractivity contribution in [1.29, 1.82) is 0 Å². The van der Waals surface area contributed by atoms with Gasteiger partial charge in [-0.1, -0.05) is 11.6 Å². The Morgan fingerprint density at radius 2 is 1.70 bits per heavy atom. The van der Waals surface area contributed by atoms with Crippen molar-refractivity contribution in [1.82, 2.24) is 10.2 Å². The molecule has 5 rings (SSSR count). The van der Waals surface area contributed by atoms with Crippen LogP contribution in [0.25, 0.3) is 0 Å². The lowest BCUT2D eigenvalue weighted by Gasteiger charge is -2.36. The molecule has 2 saturated heterocycles. The molecule has 0 radical (unpaired) electrons. The molecule has 3 aliphatic heterocycles. The number of β-amino-alcohol motifs (C(OH)–C–C–N with tert-alkyl or cyclic N) is 1. The van der Waals surface area contributed by atoms with Gasteiger partial charge in [0.25, 0.3) is 5.91 Å². The van der Waals surface area contributed by atoms with Crippen LogP contribution in [0.4, 0.5) is 5.69 Å². The van der Waals surface area contributed by atoms with Gasteiger partial charge in [-0.25, -0.2) is 9.59 Å². The van der Waals surface area contributed by atoms with Crippen molar-refractivity contribution < 1.29 is 49.4 Å². The number of piperidine rings is 1. The number of nitrogen functional groups attached to an aromatic ring is 1. The molecule has 4 aliphatic rings. The van der Waals surface area contributed by atoms with Crippen molar-refractivity contribution in [3.8, 4) is 5.75 Å². The lowest BCUT2D eigenvalue weighted by molar-refractivity contribution is -0.165. The minimum absolute atomic E-state index is 0.145. The molecule has 40 heavy (non-hydrogen) atoms. The van der Waals surface area contributed by atoms with Gasteiger partial charge in [-0.3, -0.25) is 9.69 Å². The van der Waals surface area contributed by atoms with Crippen LogP contribution in [0.5, 0.6) is 5.75 Å². The summed E-state index contributed by atoms with van der Waals surface area (Å²) in [7, 11) is 0. The second-order valence-corrected chi connectivity index (χ2v) is 11.3. The number of carboxylic acid groups (broad SMARTS) is 2. The quantitative estimate of drug-likeness (QED) is 0.194. The Bertz CT molecular complexity index is 1100. The molecule has 1 aliphatic carbocycles. The second-order valence-electron chi connectivity index (χ2n) is 10.9. The molecule has 222 valence electrons. The lowest BCUT2D eigenvalue weighted by Crippen LogP contribution is -2.47. The van der Waals surface area contributed by atoms with Crippen LogP contribution in [-0.4, -0.2) is 112 Å². The summed E-state index contributed by atoms with van der Waals surface area (Å²) in [6.07, 6.45) is -1.44. The summed E-state index contributed by atoms with van der Waals surface area (Å²) in [5, 5.41) is 46.8. The third-order valence-electron chi connectivity index (χ3n) is 8.13. The first-order valence-electron chi connectivity index (χ1n) is 13.3. The van der Waals surface area contributed by atoms with Crippen LogP contribution in [0.15, 0.2) is 6.07 Å². The third-order valence-corrected chi connectivity index (χ3v) is 8.44. The van der Waals surface area contributed by atoms with E-state index < -0.39 is 29.7 Å². The van der Waals surface area contributed by atoms with Gasteiger partial charge in [0.2, 0.25) is 0 Å². The Morgan fingerprint density at radius 1 is 1.10 bits per heavy atom. The zero-order valence-electron chi connectivity index (χ0n) is 21.9.